The predicted octanol–water partition coefficient (Wildman–Crippen LogP) is 1.39. The summed E-state index contributed by atoms with van der Waals surface area (Å²) in [4.78, 5) is 11.9. The van der Waals surface area contributed by atoms with Crippen LogP contribution in [0, 0.1) is 0 Å². The lowest BCUT2D eigenvalue weighted by atomic mass is 9.90. The first kappa shape index (κ1) is 12.8. The first-order valence-electron chi connectivity index (χ1n) is 5.71. The van der Waals surface area contributed by atoms with Crippen molar-refractivity contribution in [3.8, 4) is 0 Å². The molecule has 0 aromatic carbocycles. The third kappa shape index (κ3) is 4.03. The SMILES string of the molecule is CSCCCNC(=O)C1(C)CCCCN1. The zero-order valence-electron chi connectivity index (χ0n) is 9.77. The highest BCUT2D eigenvalue weighted by Crippen LogP contribution is 2.18. The summed E-state index contributed by atoms with van der Waals surface area (Å²) in [5.74, 6) is 1.29. The highest BCUT2D eigenvalue weighted by molar-refractivity contribution is 7.98. The Labute approximate surface area is 96.8 Å². The Morgan fingerprint density at radius 3 is 2.93 bits per heavy atom. The van der Waals surface area contributed by atoms with E-state index in [0.29, 0.717) is 0 Å². The van der Waals surface area contributed by atoms with Gasteiger partial charge >= 0.3 is 0 Å². The van der Waals surface area contributed by atoms with Crippen LogP contribution in [0.5, 0.6) is 0 Å². The number of hydrogen-bond donors (Lipinski definition) is 2. The van der Waals surface area contributed by atoms with Crippen molar-refractivity contribution in [2.24, 2.45) is 0 Å². The fraction of sp³-hybridized carbons (Fsp3) is 0.909. The van der Waals surface area contributed by atoms with Crippen LogP contribution >= 0.6 is 11.8 Å². The number of hydrogen-bond acceptors (Lipinski definition) is 3. The summed E-state index contributed by atoms with van der Waals surface area (Å²) < 4.78 is 0. The molecule has 0 bridgehead atoms. The molecule has 3 nitrogen and oxygen atoms in total. The number of amides is 1. The van der Waals surface area contributed by atoms with Gasteiger partial charge in [0.1, 0.15) is 0 Å². The molecule has 2 N–H and O–H groups in total. The average Bonchev–Trinajstić information content (AvgIpc) is 2.25. The van der Waals surface area contributed by atoms with E-state index in [2.05, 4.69) is 16.9 Å². The maximum atomic E-state index is 11.9. The number of thioether (sulfide) groups is 1. The van der Waals surface area contributed by atoms with Crippen LogP contribution in [-0.4, -0.2) is 36.5 Å². The largest absolute Gasteiger partial charge is 0.354 e. The Morgan fingerprint density at radius 1 is 1.53 bits per heavy atom. The van der Waals surface area contributed by atoms with Gasteiger partial charge in [0.05, 0.1) is 5.54 Å². The molecule has 1 unspecified atom stereocenters. The molecule has 1 atom stereocenters. The van der Waals surface area contributed by atoms with Crippen molar-refractivity contribution < 1.29 is 4.79 Å². The molecule has 0 aliphatic carbocycles. The quantitative estimate of drug-likeness (QED) is 0.701. The van der Waals surface area contributed by atoms with Crippen LogP contribution in [0.2, 0.25) is 0 Å². The Morgan fingerprint density at radius 2 is 2.33 bits per heavy atom. The molecule has 1 saturated heterocycles. The number of rotatable bonds is 5. The maximum absolute atomic E-state index is 11.9. The number of carbonyl (C=O) groups excluding carboxylic acids is 1. The Hall–Kier alpha value is -0.220. The van der Waals surface area contributed by atoms with Crippen molar-refractivity contribution in [1.29, 1.82) is 0 Å². The summed E-state index contributed by atoms with van der Waals surface area (Å²) in [5.41, 5.74) is -0.322. The molecule has 0 aromatic rings. The summed E-state index contributed by atoms with van der Waals surface area (Å²) >= 11 is 1.82. The van der Waals surface area contributed by atoms with Gasteiger partial charge in [0.15, 0.2) is 0 Å². The van der Waals surface area contributed by atoms with E-state index in [1.807, 2.05) is 18.7 Å². The Balaban J connectivity index is 2.25. The summed E-state index contributed by atoms with van der Waals surface area (Å²) in [6.45, 7) is 3.78. The Bertz CT molecular complexity index is 203. The van der Waals surface area contributed by atoms with Gasteiger partial charge in [-0.25, -0.2) is 0 Å². The van der Waals surface area contributed by atoms with Gasteiger partial charge in [-0.05, 0) is 51.2 Å². The van der Waals surface area contributed by atoms with E-state index in [4.69, 9.17) is 0 Å². The minimum Gasteiger partial charge on any atom is -0.354 e. The molecule has 1 fully saturated rings. The van der Waals surface area contributed by atoms with E-state index in [9.17, 15) is 4.79 Å². The molecule has 88 valence electrons. The molecule has 1 aliphatic heterocycles. The summed E-state index contributed by atoms with van der Waals surface area (Å²) in [6.07, 6.45) is 6.45. The number of piperidine rings is 1. The van der Waals surface area contributed by atoms with E-state index in [0.717, 1.165) is 38.1 Å². The number of nitrogens with one attached hydrogen (secondary N) is 2. The van der Waals surface area contributed by atoms with Gasteiger partial charge in [0.25, 0.3) is 0 Å². The van der Waals surface area contributed by atoms with Crippen LogP contribution in [0.1, 0.15) is 32.6 Å². The van der Waals surface area contributed by atoms with Crippen LogP contribution in [0.3, 0.4) is 0 Å². The summed E-state index contributed by atoms with van der Waals surface area (Å²) in [7, 11) is 0. The fourth-order valence-corrected chi connectivity index (χ4v) is 2.30. The summed E-state index contributed by atoms with van der Waals surface area (Å²) in [5, 5.41) is 6.33. The van der Waals surface area contributed by atoms with E-state index in [1.54, 1.807) is 0 Å². The van der Waals surface area contributed by atoms with Crippen LogP contribution < -0.4 is 10.6 Å². The minimum absolute atomic E-state index is 0.170. The molecule has 1 heterocycles. The molecular weight excluding hydrogens is 208 g/mol. The molecule has 0 spiro atoms. The monoisotopic (exact) mass is 230 g/mol. The third-order valence-corrected chi connectivity index (χ3v) is 3.63. The van der Waals surface area contributed by atoms with Crippen molar-refractivity contribution >= 4 is 17.7 Å². The smallest absolute Gasteiger partial charge is 0.240 e. The molecule has 1 amide bonds. The second kappa shape index (κ2) is 6.38. The van der Waals surface area contributed by atoms with Crippen molar-refractivity contribution in [3.05, 3.63) is 0 Å². The number of carbonyl (C=O) groups is 1. The molecule has 0 saturated carbocycles. The first-order chi connectivity index (χ1) is 7.19. The van der Waals surface area contributed by atoms with E-state index < -0.39 is 0 Å². The van der Waals surface area contributed by atoms with Crippen molar-refractivity contribution in [1.82, 2.24) is 10.6 Å². The van der Waals surface area contributed by atoms with Crippen LogP contribution in [0.15, 0.2) is 0 Å². The lowest BCUT2D eigenvalue weighted by Gasteiger charge is -2.33. The highest BCUT2D eigenvalue weighted by atomic mass is 32.2. The minimum atomic E-state index is -0.322. The lowest BCUT2D eigenvalue weighted by molar-refractivity contribution is -0.127. The zero-order valence-corrected chi connectivity index (χ0v) is 10.6. The van der Waals surface area contributed by atoms with E-state index in [-0.39, 0.29) is 11.4 Å². The van der Waals surface area contributed by atoms with Gasteiger partial charge in [-0.2, -0.15) is 11.8 Å². The predicted molar refractivity (Wildman–Crippen MR) is 66.3 cm³/mol. The van der Waals surface area contributed by atoms with Crippen LogP contribution in [-0.2, 0) is 4.79 Å². The zero-order chi connectivity index (χ0) is 11.1. The van der Waals surface area contributed by atoms with Crippen molar-refractivity contribution in [2.45, 2.75) is 38.1 Å². The molecule has 0 radical (unpaired) electrons. The lowest BCUT2D eigenvalue weighted by Crippen LogP contribution is -2.57. The van der Waals surface area contributed by atoms with Crippen molar-refractivity contribution in [2.75, 3.05) is 25.1 Å². The van der Waals surface area contributed by atoms with Gasteiger partial charge in [0, 0.05) is 6.54 Å². The maximum Gasteiger partial charge on any atom is 0.240 e. The van der Waals surface area contributed by atoms with Gasteiger partial charge in [0.2, 0.25) is 5.91 Å². The molecular formula is C11H22N2OS. The van der Waals surface area contributed by atoms with Gasteiger partial charge in [-0.3, -0.25) is 4.79 Å². The second-order valence-electron chi connectivity index (χ2n) is 4.32. The molecule has 1 aliphatic rings. The molecule has 4 heteroatoms. The fourth-order valence-electron chi connectivity index (χ4n) is 1.86. The first-order valence-corrected chi connectivity index (χ1v) is 7.11. The Kier molecular flexibility index (Phi) is 5.47. The standard InChI is InChI=1S/C11H22N2OS/c1-11(6-3-4-8-13-11)10(14)12-7-5-9-15-2/h13H,3-9H2,1-2H3,(H,12,14). The second-order valence-corrected chi connectivity index (χ2v) is 5.30. The summed E-state index contributed by atoms with van der Waals surface area (Å²) in [6, 6.07) is 0. The normalized spacial score (nSPS) is 26.3. The average molecular weight is 230 g/mol. The van der Waals surface area contributed by atoms with E-state index >= 15 is 0 Å². The molecule has 1 rings (SSSR count). The third-order valence-electron chi connectivity index (χ3n) is 2.93. The van der Waals surface area contributed by atoms with Crippen LogP contribution in [0.25, 0.3) is 0 Å². The van der Waals surface area contributed by atoms with Crippen molar-refractivity contribution in [3.63, 3.8) is 0 Å². The van der Waals surface area contributed by atoms with Gasteiger partial charge in [-0.1, -0.05) is 0 Å². The van der Waals surface area contributed by atoms with Gasteiger partial charge < -0.3 is 10.6 Å². The van der Waals surface area contributed by atoms with E-state index in [1.165, 1.54) is 6.42 Å². The van der Waals surface area contributed by atoms with Gasteiger partial charge in [-0.15, -0.1) is 0 Å². The molecule has 15 heavy (non-hydrogen) atoms. The highest BCUT2D eigenvalue weighted by Gasteiger charge is 2.33. The topological polar surface area (TPSA) is 41.1 Å². The molecule has 0 aromatic heterocycles. The van der Waals surface area contributed by atoms with Crippen LogP contribution in [0.4, 0.5) is 0 Å².